The molecule has 0 amide bonds. The molecule has 0 fully saturated rings. The SMILES string of the molecule is CC(C)S(=O)(=O)c1ccccc1Nc1nc(Nc2ccc3cnn(C)c3c2)ncc1Br. The van der Waals surface area contributed by atoms with Gasteiger partial charge in [-0.1, -0.05) is 12.1 Å². The number of sulfone groups is 1. The maximum absolute atomic E-state index is 12.7. The van der Waals surface area contributed by atoms with Crippen LogP contribution >= 0.6 is 15.9 Å². The van der Waals surface area contributed by atoms with Crippen LogP contribution in [0.2, 0.25) is 0 Å². The minimum atomic E-state index is -3.46. The predicted molar refractivity (Wildman–Crippen MR) is 126 cm³/mol. The van der Waals surface area contributed by atoms with Crippen LogP contribution in [0.4, 0.5) is 23.1 Å². The van der Waals surface area contributed by atoms with Crippen LogP contribution in [0.5, 0.6) is 0 Å². The average molecular weight is 501 g/mol. The lowest BCUT2D eigenvalue weighted by molar-refractivity contribution is 0.588. The molecule has 4 rings (SSSR count). The van der Waals surface area contributed by atoms with Crippen molar-refractivity contribution in [2.24, 2.45) is 7.05 Å². The molecule has 0 aliphatic rings. The van der Waals surface area contributed by atoms with E-state index in [9.17, 15) is 8.42 Å². The lowest BCUT2D eigenvalue weighted by Gasteiger charge is -2.15. The van der Waals surface area contributed by atoms with E-state index in [0.717, 1.165) is 16.6 Å². The quantitative estimate of drug-likeness (QED) is 0.392. The number of aromatic nitrogens is 4. The molecule has 0 atom stereocenters. The van der Waals surface area contributed by atoms with Gasteiger partial charge in [0.25, 0.3) is 0 Å². The fourth-order valence-corrected chi connectivity index (χ4v) is 4.56. The number of hydrogen-bond acceptors (Lipinski definition) is 7. The maximum atomic E-state index is 12.7. The second-order valence-electron chi connectivity index (χ2n) is 7.27. The molecule has 2 heterocycles. The summed E-state index contributed by atoms with van der Waals surface area (Å²) in [6.45, 7) is 3.32. The highest BCUT2D eigenvalue weighted by atomic mass is 79.9. The van der Waals surface area contributed by atoms with Crippen LogP contribution in [0.25, 0.3) is 10.9 Å². The molecule has 0 aliphatic heterocycles. The highest BCUT2D eigenvalue weighted by molar-refractivity contribution is 9.10. The number of nitrogens with zero attached hydrogens (tertiary/aromatic N) is 4. The largest absolute Gasteiger partial charge is 0.338 e. The smallest absolute Gasteiger partial charge is 0.229 e. The van der Waals surface area contributed by atoms with Gasteiger partial charge >= 0.3 is 0 Å². The highest BCUT2D eigenvalue weighted by Gasteiger charge is 2.23. The van der Waals surface area contributed by atoms with E-state index >= 15 is 0 Å². The summed E-state index contributed by atoms with van der Waals surface area (Å²) >= 11 is 3.44. The molecule has 0 aliphatic carbocycles. The van der Waals surface area contributed by atoms with E-state index in [2.05, 4.69) is 41.6 Å². The molecule has 2 aromatic carbocycles. The Morgan fingerprint density at radius 1 is 1.06 bits per heavy atom. The van der Waals surface area contributed by atoms with Gasteiger partial charge in [-0.05, 0) is 60.1 Å². The fraction of sp³-hybridized carbons (Fsp3) is 0.190. The maximum Gasteiger partial charge on any atom is 0.229 e. The number of rotatable bonds is 6. The molecule has 2 N–H and O–H groups in total. The number of halogens is 1. The summed E-state index contributed by atoms with van der Waals surface area (Å²) in [6, 6.07) is 12.6. The normalized spacial score (nSPS) is 11.8. The first kappa shape index (κ1) is 21.3. The van der Waals surface area contributed by atoms with Gasteiger partial charge < -0.3 is 10.6 Å². The third-order valence-corrected chi connectivity index (χ3v) is 7.61. The van der Waals surface area contributed by atoms with E-state index in [4.69, 9.17) is 0 Å². The zero-order valence-electron chi connectivity index (χ0n) is 17.2. The Hall–Kier alpha value is -2.98. The van der Waals surface area contributed by atoms with Crippen LogP contribution in [-0.4, -0.2) is 33.4 Å². The van der Waals surface area contributed by atoms with Gasteiger partial charge in [-0.3, -0.25) is 4.68 Å². The minimum Gasteiger partial charge on any atom is -0.338 e. The third kappa shape index (κ3) is 4.26. The van der Waals surface area contributed by atoms with E-state index in [-0.39, 0.29) is 4.90 Å². The minimum absolute atomic E-state index is 0.228. The number of aryl methyl sites for hydroxylation is 1. The lowest BCUT2D eigenvalue weighted by atomic mass is 10.2. The summed E-state index contributed by atoms with van der Waals surface area (Å²) in [5.74, 6) is 0.821. The topological polar surface area (TPSA) is 102 Å². The van der Waals surface area contributed by atoms with E-state index in [0.29, 0.717) is 21.9 Å². The first-order valence-corrected chi connectivity index (χ1v) is 11.9. The Kier molecular flexibility index (Phi) is 5.67. The van der Waals surface area contributed by atoms with Crippen molar-refractivity contribution in [1.29, 1.82) is 0 Å². The van der Waals surface area contributed by atoms with Crippen molar-refractivity contribution < 1.29 is 8.42 Å². The van der Waals surface area contributed by atoms with E-state index in [1.165, 1.54) is 0 Å². The number of benzene rings is 2. The molecule has 4 aromatic rings. The van der Waals surface area contributed by atoms with Crippen molar-refractivity contribution in [2.45, 2.75) is 24.0 Å². The fourth-order valence-electron chi connectivity index (χ4n) is 3.07. The standard InChI is InChI=1S/C21H21BrN6O2S/c1-13(2)31(29,30)19-7-5-4-6-17(19)26-20-16(22)12-23-21(27-20)25-15-9-8-14-11-24-28(3)18(14)10-15/h4-13H,1-3H3,(H2,23,25,26,27). The van der Waals surface area contributed by atoms with Crippen LogP contribution < -0.4 is 10.6 Å². The van der Waals surface area contributed by atoms with Crippen molar-refractivity contribution >= 4 is 59.8 Å². The van der Waals surface area contributed by atoms with Gasteiger partial charge in [0.2, 0.25) is 5.95 Å². The molecule has 0 saturated heterocycles. The summed E-state index contributed by atoms with van der Waals surface area (Å²) < 4.78 is 27.9. The van der Waals surface area contributed by atoms with Crippen LogP contribution in [0.3, 0.4) is 0 Å². The second-order valence-corrected chi connectivity index (χ2v) is 10.6. The Morgan fingerprint density at radius 2 is 1.84 bits per heavy atom. The Bertz CT molecular complexity index is 1370. The molecule has 160 valence electrons. The average Bonchev–Trinajstić information content (AvgIpc) is 3.11. The van der Waals surface area contributed by atoms with Crippen molar-refractivity contribution in [3.8, 4) is 0 Å². The molecule has 0 spiro atoms. The molecule has 0 unspecified atom stereocenters. The van der Waals surface area contributed by atoms with E-state index < -0.39 is 15.1 Å². The molecule has 0 radical (unpaired) electrons. The number of anilines is 4. The van der Waals surface area contributed by atoms with Gasteiger partial charge in [0.05, 0.1) is 32.0 Å². The van der Waals surface area contributed by atoms with E-state index in [1.807, 2.05) is 25.2 Å². The van der Waals surface area contributed by atoms with E-state index in [1.54, 1.807) is 55.2 Å². The molecule has 10 heteroatoms. The Balaban J connectivity index is 1.65. The van der Waals surface area contributed by atoms with Crippen LogP contribution in [-0.2, 0) is 16.9 Å². The van der Waals surface area contributed by atoms with Gasteiger partial charge in [0.15, 0.2) is 9.84 Å². The van der Waals surface area contributed by atoms with Gasteiger partial charge in [-0.25, -0.2) is 13.4 Å². The third-order valence-electron chi connectivity index (χ3n) is 4.82. The summed E-state index contributed by atoms with van der Waals surface area (Å²) in [5, 5.41) is 11.1. The molecule has 8 nitrogen and oxygen atoms in total. The number of hydrogen-bond donors (Lipinski definition) is 2. The van der Waals surface area contributed by atoms with Crippen LogP contribution in [0.15, 0.2) is 64.2 Å². The van der Waals surface area contributed by atoms with Crippen molar-refractivity contribution in [3.63, 3.8) is 0 Å². The first-order valence-electron chi connectivity index (χ1n) is 9.57. The molecule has 31 heavy (non-hydrogen) atoms. The number of para-hydroxylation sites is 1. The summed E-state index contributed by atoms with van der Waals surface area (Å²) in [6.07, 6.45) is 3.42. The Morgan fingerprint density at radius 3 is 2.61 bits per heavy atom. The van der Waals surface area contributed by atoms with Gasteiger partial charge in [-0.2, -0.15) is 10.1 Å². The molecule has 0 bridgehead atoms. The van der Waals surface area contributed by atoms with Gasteiger partial charge in [0, 0.05) is 24.3 Å². The summed E-state index contributed by atoms with van der Waals surface area (Å²) in [5.41, 5.74) is 2.25. The molecule has 0 saturated carbocycles. The zero-order chi connectivity index (χ0) is 22.2. The monoisotopic (exact) mass is 500 g/mol. The van der Waals surface area contributed by atoms with Crippen LogP contribution in [0, 0.1) is 0 Å². The lowest BCUT2D eigenvalue weighted by Crippen LogP contribution is -2.15. The predicted octanol–water partition coefficient (Wildman–Crippen LogP) is 4.80. The number of fused-ring (bicyclic) bond motifs is 1. The first-order chi connectivity index (χ1) is 14.8. The van der Waals surface area contributed by atoms with Crippen molar-refractivity contribution in [3.05, 3.63) is 59.3 Å². The van der Waals surface area contributed by atoms with Crippen molar-refractivity contribution in [1.82, 2.24) is 19.7 Å². The molecular weight excluding hydrogens is 480 g/mol. The van der Waals surface area contributed by atoms with Gasteiger partial charge in [-0.15, -0.1) is 0 Å². The second kappa shape index (κ2) is 8.27. The van der Waals surface area contributed by atoms with Crippen LogP contribution in [0.1, 0.15) is 13.8 Å². The highest BCUT2D eigenvalue weighted by Crippen LogP contribution is 2.31. The zero-order valence-corrected chi connectivity index (χ0v) is 19.6. The Labute approximate surface area is 188 Å². The summed E-state index contributed by atoms with van der Waals surface area (Å²) in [4.78, 5) is 9.07. The van der Waals surface area contributed by atoms with Crippen molar-refractivity contribution in [2.75, 3.05) is 10.6 Å². The number of nitrogens with one attached hydrogen (secondary N) is 2. The molecular formula is C21H21BrN6O2S. The molecule has 2 aromatic heterocycles. The summed E-state index contributed by atoms with van der Waals surface area (Å²) in [7, 11) is -1.58. The van der Waals surface area contributed by atoms with Gasteiger partial charge in [0.1, 0.15) is 5.82 Å².